The number of anilines is 1. The van der Waals surface area contributed by atoms with Gasteiger partial charge >= 0.3 is 90.5 Å². The molecule has 2 saturated carbocycles. The van der Waals surface area contributed by atoms with Crippen LogP contribution in [0.1, 0.15) is 193 Å². The predicted molar refractivity (Wildman–Crippen MR) is 439 cm³/mol. The molecule has 0 radical (unpaired) electrons. The van der Waals surface area contributed by atoms with Crippen molar-refractivity contribution < 1.29 is 160 Å². The Balaban J connectivity index is 0.000000510. The fourth-order valence-corrected chi connectivity index (χ4v) is 14.7. The van der Waals surface area contributed by atoms with E-state index in [0.29, 0.717) is 126 Å². The molecule has 0 saturated heterocycles. The van der Waals surface area contributed by atoms with Gasteiger partial charge in [-0.3, -0.25) is 38.7 Å². The molecule has 4 atom stereocenters. The number of allylic oxidation sites excluding steroid dienone is 2. The number of nitriles is 1. The maximum Gasteiger partial charge on any atom is 1.00 e. The van der Waals surface area contributed by atoms with E-state index in [0.717, 1.165) is 100 Å². The van der Waals surface area contributed by atoms with Gasteiger partial charge in [0.2, 0.25) is 47.0 Å². The third-order valence-corrected chi connectivity index (χ3v) is 23.4. The Bertz CT molecular complexity index is 5060. The van der Waals surface area contributed by atoms with Crippen molar-refractivity contribution in [2.24, 2.45) is 35.3 Å². The van der Waals surface area contributed by atoms with E-state index >= 15 is 0 Å². The van der Waals surface area contributed by atoms with Gasteiger partial charge in [-0.05, 0) is 156 Å². The van der Waals surface area contributed by atoms with E-state index < -0.39 is 64.4 Å². The van der Waals surface area contributed by atoms with Crippen molar-refractivity contribution in [1.82, 2.24) is 55.7 Å². The van der Waals surface area contributed by atoms with E-state index in [1.165, 1.54) is 58.1 Å². The van der Waals surface area contributed by atoms with Crippen LogP contribution in [-0.2, 0) is 101 Å². The molecule has 7 heterocycles. The summed E-state index contributed by atoms with van der Waals surface area (Å²) in [7, 11) is -8.55. The van der Waals surface area contributed by atoms with Crippen molar-refractivity contribution in [3.63, 3.8) is 0 Å². The normalized spacial score (nSPS) is 16.2. The molecule has 4 unspecified atom stereocenters. The topological polar surface area (TPSA) is 533 Å². The first-order valence-corrected chi connectivity index (χ1v) is 42.7. The second-order valence-corrected chi connectivity index (χ2v) is 32.8. The van der Waals surface area contributed by atoms with Crippen molar-refractivity contribution in [2.45, 2.75) is 207 Å². The number of methoxy groups -OCH3 is 4. The predicted octanol–water partition coefficient (Wildman–Crippen LogP) is 10.3. The monoisotopic (exact) mass is 1860 g/mol. The van der Waals surface area contributed by atoms with E-state index in [1.54, 1.807) is 18.5 Å². The zero-order chi connectivity index (χ0) is 94.2. The van der Waals surface area contributed by atoms with Gasteiger partial charge in [0.1, 0.15) is 40.3 Å². The number of esters is 4. The van der Waals surface area contributed by atoms with E-state index in [1.807, 2.05) is 52.0 Å². The number of primary amides is 1. The van der Waals surface area contributed by atoms with Gasteiger partial charge in [0, 0.05) is 81.2 Å². The van der Waals surface area contributed by atoms with Crippen molar-refractivity contribution in [2.75, 3.05) is 32.1 Å². The minimum atomic E-state index is -6.93. The third-order valence-electron chi connectivity index (χ3n) is 19.6. The van der Waals surface area contributed by atoms with Gasteiger partial charge in [0.15, 0.2) is 11.9 Å². The Morgan fingerprint density at radius 3 is 1.44 bits per heavy atom. The van der Waals surface area contributed by atoms with Crippen LogP contribution in [0, 0.1) is 54.8 Å². The third kappa shape index (κ3) is 36.7. The summed E-state index contributed by atoms with van der Waals surface area (Å²) < 4.78 is 151. The Hall–Kier alpha value is -11.0. The maximum atomic E-state index is 12.5. The quantitative estimate of drug-likeness (QED) is 0.0115. The minimum absolute atomic E-state index is 0. The summed E-state index contributed by atoms with van der Waals surface area (Å²) in [5.74, 6) is -0.284. The second kappa shape index (κ2) is 54.2. The Morgan fingerprint density at radius 1 is 0.591 bits per heavy atom. The SMILES string of the molecule is CCC1CCC(=O)C(C(=O)OC)C1.CCC1CCC(=O)CC1.CCC1CCC(C)=C(C(=O)OC)C1.CCC1CCC(NC(=O)CCc2nc(-c3ccc(O)cn3)no2)=C(C(=O)O)C1.COC(=O)C#N.COC(=O)CCc1nc(-c2ccc(C)cn2)no1.Cc1ccc(-c2noc(CCC(N)=O)n2)nc1.O=S(=O)(N(c1ccc(Cl)cn1)S(=O)(=O)C(F)(F)F)C(F)(F)F.[H-].[Na+]. The number of hydrogen-bond donors (Lipinski definition) is 4. The molecule has 4 aliphatic carbocycles. The molecular formula is C81H102ClF6N14NaO22S2. The standard InChI is InChI=1S/C19H22N4O5.C12H13N3O3.C11H12N4O2.C11H18O2.C10H16O3.C8H14O.C7H3ClF6N2O4S2.C3H3NO2.Na.H/c1-2-11-3-5-14(13(9-11)19(26)27)21-16(25)7-8-17-22-18(23-28-17)15-6-4-12(24)10-20-15;1-8-3-4-9(13-7-8)12-14-10(18-15-12)5-6-11(16)17-2;1-7-2-3-8(13-6-7)11-14-10(17-15-11)5-4-9(12)16;1-4-9-6-5-8(2)10(7-9)11(12)13-3;1-3-7-4-5-9(11)8(6-7)10(12)13-2;1-2-7-3-5-8(9)6-4-7;8-4-1-2-5(15-3-4)16(21(17,18)6(9,10)11)22(19,20)7(12,13)14;1-6-3(5)2-4;;/h4,6,10-11,24H,2-3,5,7-9H2,1H3,(H,21,25)(H,26,27);3-4,7H,5-6H2,1-2H3;2-3,6H,4-5H2,1H3,(H2,12,16);9H,4-7H2,1-3H3;7-8H,3-6H2,1-2H3;7H,2-6H2,1H3;1-3H;1H3;;/q;;;;;;;;+1;-1. The van der Waals surface area contributed by atoms with Crippen LogP contribution in [0.3, 0.4) is 0 Å². The fourth-order valence-electron chi connectivity index (χ4n) is 12.0. The Labute approximate surface area is 757 Å². The number of nitrogens with two attached hydrogens (primary N) is 1. The number of carbonyl (C=O) groups excluding carboxylic acids is 8. The van der Waals surface area contributed by atoms with Gasteiger partial charge in [-0.25, -0.2) is 24.4 Å². The smallest absolute Gasteiger partial charge is 1.00 e. The number of carbonyl (C=O) groups is 9. The van der Waals surface area contributed by atoms with Gasteiger partial charge in [0.25, 0.3) is 0 Å². The molecule has 0 spiro atoms. The molecule has 7 aromatic rings. The maximum absolute atomic E-state index is 12.5. The first-order valence-electron chi connectivity index (χ1n) is 39.4. The van der Waals surface area contributed by atoms with Gasteiger partial charge in [-0.15, -0.1) is 3.71 Å². The molecule has 5 N–H and O–H groups in total. The van der Waals surface area contributed by atoms with Crippen LogP contribution in [0.4, 0.5) is 32.2 Å². The van der Waals surface area contributed by atoms with Gasteiger partial charge in [-0.1, -0.05) is 98.2 Å². The van der Waals surface area contributed by atoms with E-state index in [9.17, 15) is 96.5 Å². The zero-order valence-corrected chi connectivity index (χ0v) is 76.4. The molecular weight excluding hydrogens is 1760 g/mol. The number of halogens is 7. The average molecular weight is 1860 g/mol. The number of rotatable bonds is 23. The molecule has 4 aliphatic rings. The number of Topliss-reactive ketones (excluding diaryl/α,β-unsaturated/α-hetero) is 2. The summed E-state index contributed by atoms with van der Waals surface area (Å²) in [6.45, 7) is 14.5. The molecule has 0 aliphatic heterocycles. The number of alkyl halides is 6. The fraction of sp³-hybridized carbons (Fsp3) is 0.506. The zero-order valence-electron chi connectivity index (χ0n) is 73.0. The van der Waals surface area contributed by atoms with Crippen LogP contribution in [0.2, 0.25) is 5.02 Å². The number of ketones is 2. The number of sulfonamides is 2. The van der Waals surface area contributed by atoms with Crippen LogP contribution in [0.25, 0.3) is 34.6 Å². The summed E-state index contributed by atoms with van der Waals surface area (Å²) in [5.41, 5.74) is -0.798. The molecule has 0 aromatic carbocycles. The summed E-state index contributed by atoms with van der Waals surface area (Å²) in [4.78, 5) is 127. The largest absolute Gasteiger partial charge is 1.00 e. The van der Waals surface area contributed by atoms with Gasteiger partial charge in [0.05, 0.1) is 51.7 Å². The molecule has 11 rings (SSSR count). The van der Waals surface area contributed by atoms with Crippen LogP contribution in [-0.4, -0.2) is 170 Å². The first-order chi connectivity index (χ1) is 59.4. The van der Waals surface area contributed by atoms with Gasteiger partial charge < -0.3 is 55.2 Å². The van der Waals surface area contributed by atoms with Gasteiger partial charge in [-0.2, -0.15) is 63.4 Å². The number of carboxylic acid groups (broad SMARTS) is 1. The van der Waals surface area contributed by atoms with E-state index in [4.69, 9.17) is 40.9 Å². The van der Waals surface area contributed by atoms with Crippen LogP contribution >= 0.6 is 11.6 Å². The number of hydrogen-bond acceptors (Lipinski definition) is 32. The van der Waals surface area contributed by atoms with Crippen LogP contribution < -0.4 is 44.3 Å². The van der Waals surface area contributed by atoms with Crippen molar-refractivity contribution in [3.05, 3.63) is 130 Å². The number of pyridine rings is 4. The van der Waals surface area contributed by atoms with Crippen LogP contribution in [0.15, 0.2) is 109 Å². The van der Waals surface area contributed by atoms with E-state index in [2.05, 4.69) is 90.7 Å². The number of carboxylic acids is 1. The molecule has 7 aromatic heterocycles. The molecule has 690 valence electrons. The van der Waals surface area contributed by atoms with Crippen molar-refractivity contribution >= 4 is 90.7 Å². The number of nitrogens with zero attached hydrogens (tertiary/aromatic N) is 12. The minimum Gasteiger partial charge on any atom is -1.00 e. The number of amides is 2. The van der Waals surface area contributed by atoms with Crippen molar-refractivity contribution in [3.8, 4) is 46.4 Å². The Morgan fingerprint density at radius 2 is 1.05 bits per heavy atom. The number of aromatic nitrogens is 10. The number of nitrogens with one attached hydrogen (secondary N) is 1. The summed E-state index contributed by atoms with van der Waals surface area (Å²) in [6, 6.07) is 12.7. The van der Waals surface area contributed by atoms with Crippen LogP contribution in [0.5, 0.6) is 5.75 Å². The van der Waals surface area contributed by atoms with Crippen molar-refractivity contribution in [1.29, 1.82) is 5.26 Å². The molecule has 127 heavy (non-hydrogen) atoms. The Kier molecular flexibility index (Phi) is 47.0. The number of ether oxygens (including phenoxy) is 4. The molecule has 2 amide bonds. The number of aryl methyl sites for hydroxylation is 5. The summed E-state index contributed by atoms with van der Waals surface area (Å²) in [5, 5.41) is 40.2. The summed E-state index contributed by atoms with van der Waals surface area (Å²) >= 11 is 5.30. The molecule has 36 nitrogen and oxygen atoms in total. The molecule has 46 heteroatoms. The van der Waals surface area contributed by atoms with E-state index in [-0.39, 0.29) is 115 Å². The summed E-state index contributed by atoms with van der Waals surface area (Å²) in [6.07, 6.45) is 22.3. The second-order valence-electron chi connectivity index (χ2n) is 28.5. The number of aliphatic carboxylic acids is 1. The average Bonchev–Trinajstić information content (AvgIpc) is 0.782. The number of aromatic hydroxyl groups is 1. The molecule has 0 bridgehead atoms. The molecule has 2 fully saturated rings. The first kappa shape index (κ1) is 110.